The van der Waals surface area contributed by atoms with Crippen molar-refractivity contribution in [3.8, 4) is 0 Å². The van der Waals surface area contributed by atoms with E-state index in [1.54, 1.807) is 34.1 Å². The molecule has 1 aromatic heterocycles. The second kappa shape index (κ2) is 8.64. The molecule has 0 aliphatic carbocycles. The van der Waals surface area contributed by atoms with Crippen molar-refractivity contribution in [2.45, 2.75) is 13.8 Å². The van der Waals surface area contributed by atoms with Crippen LogP contribution < -0.4 is 5.32 Å². The fraction of sp³-hybridized carbons (Fsp3) is 0.286. The van der Waals surface area contributed by atoms with Crippen LogP contribution in [0.4, 0.5) is 5.69 Å². The number of ketones is 1. The maximum Gasteiger partial charge on any atom is 0.272 e. The summed E-state index contributed by atoms with van der Waals surface area (Å²) >= 11 is 0. The van der Waals surface area contributed by atoms with Crippen LogP contribution in [0.1, 0.15) is 45.1 Å². The first-order valence-corrected chi connectivity index (χ1v) is 9.28. The maximum absolute atomic E-state index is 12.7. The van der Waals surface area contributed by atoms with Crippen molar-refractivity contribution in [2.75, 3.05) is 31.5 Å². The quantitative estimate of drug-likeness (QED) is 0.798. The highest BCUT2D eigenvalue weighted by atomic mass is 16.2. The third-order valence-corrected chi connectivity index (χ3v) is 4.80. The molecule has 8 nitrogen and oxygen atoms in total. The summed E-state index contributed by atoms with van der Waals surface area (Å²) in [4.78, 5) is 55.4. The van der Waals surface area contributed by atoms with Crippen molar-refractivity contribution in [1.82, 2.24) is 14.8 Å². The van der Waals surface area contributed by atoms with Crippen LogP contribution >= 0.6 is 0 Å². The number of carbonyl (C=O) groups excluding carboxylic acids is 4. The van der Waals surface area contributed by atoms with Crippen molar-refractivity contribution in [2.24, 2.45) is 0 Å². The number of hydrogen-bond acceptors (Lipinski definition) is 5. The topological polar surface area (TPSA) is 99.7 Å². The highest BCUT2D eigenvalue weighted by Crippen LogP contribution is 2.13. The summed E-state index contributed by atoms with van der Waals surface area (Å²) < 4.78 is 0. The monoisotopic (exact) mass is 394 g/mol. The summed E-state index contributed by atoms with van der Waals surface area (Å²) in [5.74, 6) is -0.707. The molecule has 2 heterocycles. The Hall–Kier alpha value is -3.55. The van der Waals surface area contributed by atoms with Crippen LogP contribution in [0.15, 0.2) is 42.6 Å². The lowest BCUT2D eigenvalue weighted by atomic mass is 10.1. The summed E-state index contributed by atoms with van der Waals surface area (Å²) in [7, 11) is 0. The van der Waals surface area contributed by atoms with Crippen molar-refractivity contribution in [1.29, 1.82) is 0 Å². The predicted octanol–water partition coefficient (Wildman–Crippen LogP) is 1.84. The number of Topliss-reactive ketones (excluding diaryl/α,β-unsaturated/α-hetero) is 1. The van der Waals surface area contributed by atoms with Crippen LogP contribution in [0, 0.1) is 0 Å². The zero-order valence-corrected chi connectivity index (χ0v) is 16.3. The van der Waals surface area contributed by atoms with Gasteiger partial charge in [0.2, 0.25) is 5.91 Å². The molecule has 8 heteroatoms. The highest BCUT2D eigenvalue weighted by molar-refractivity contribution is 6.06. The van der Waals surface area contributed by atoms with Gasteiger partial charge >= 0.3 is 0 Å². The first-order chi connectivity index (χ1) is 13.8. The van der Waals surface area contributed by atoms with Crippen LogP contribution in [0.5, 0.6) is 0 Å². The third-order valence-electron chi connectivity index (χ3n) is 4.80. The number of amides is 3. The third kappa shape index (κ3) is 4.84. The molecule has 3 rings (SSSR count). The molecule has 0 unspecified atom stereocenters. The fourth-order valence-corrected chi connectivity index (χ4v) is 3.07. The number of carbonyl (C=O) groups is 4. The Bertz CT molecular complexity index is 947. The Morgan fingerprint density at radius 2 is 1.48 bits per heavy atom. The van der Waals surface area contributed by atoms with Gasteiger partial charge < -0.3 is 15.1 Å². The molecule has 1 aliphatic rings. The molecule has 0 saturated carbocycles. The average Bonchev–Trinajstić information content (AvgIpc) is 2.73. The minimum atomic E-state index is -0.376. The average molecular weight is 394 g/mol. The van der Waals surface area contributed by atoms with Gasteiger partial charge in [-0.05, 0) is 43.3 Å². The molecule has 1 saturated heterocycles. The van der Waals surface area contributed by atoms with E-state index in [9.17, 15) is 19.2 Å². The van der Waals surface area contributed by atoms with E-state index in [0.29, 0.717) is 43.0 Å². The van der Waals surface area contributed by atoms with E-state index < -0.39 is 0 Å². The van der Waals surface area contributed by atoms with Gasteiger partial charge in [-0.2, -0.15) is 0 Å². The number of nitrogens with one attached hydrogen (secondary N) is 1. The fourth-order valence-electron chi connectivity index (χ4n) is 3.07. The second-order valence-corrected chi connectivity index (χ2v) is 6.82. The van der Waals surface area contributed by atoms with E-state index in [1.807, 2.05) is 0 Å². The lowest BCUT2D eigenvalue weighted by Crippen LogP contribution is -2.50. The van der Waals surface area contributed by atoms with Gasteiger partial charge in [0.15, 0.2) is 5.78 Å². The van der Waals surface area contributed by atoms with Crippen LogP contribution in [-0.2, 0) is 4.79 Å². The summed E-state index contributed by atoms with van der Waals surface area (Å²) in [6.45, 7) is 4.81. The number of benzene rings is 1. The lowest BCUT2D eigenvalue weighted by Gasteiger charge is -2.34. The van der Waals surface area contributed by atoms with Gasteiger partial charge in [0.05, 0.1) is 0 Å². The first-order valence-electron chi connectivity index (χ1n) is 9.28. The number of anilines is 1. The lowest BCUT2D eigenvalue weighted by molar-refractivity contribution is -0.130. The number of aromatic nitrogens is 1. The van der Waals surface area contributed by atoms with Crippen molar-refractivity contribution >= 4 is 29.2 Å². The molecule has 29 heavy (non-hydrogen) atoms. The standard InChI is InChI=1S/C21H22N4O4/c1-14(26)16-3-5-18(6-4-16)23-20(28)17-7-8-22-19(13-17)21(29)25-11-9-24(10-12-25)15(2)27/h3-8,13H,9-12H2,1-2H3,(H,23,28). The van der Waals surface area contributed by atoms with Gasteiger partial charge in [-0.15, -0.1) is 0 Å². The van der Waals surface area contributed by atoms with E-state index in [4.69, 9.17) is 0 Å². The normalized spacial score (nSPS) is 13.7. The minimum absolute atomic E-state index is 0.00905. The number of rotatable bonds is 4. The van der Waals surface area contributed by atoms with E-state index in [1.165, 1.54) is 32.2 Å². The molecule has 0 atom stereocenters. The number of hydrogen-bond donors (Lipinski definition) is 1. The van der Waals surface area contributed by atoms with Crippen LogP contribution in [0.2, 0.25) is 0 Å². The molecular formula is C21H22N4O4. The highest BCUT2D eigenvalue weighted by Gasteiger charge is 2.24. The number of nitrogens with zero attached hydrogens (tertiary/aromatic N) is 3. The van der Waals surface area contributed by atoms with E-state index in [0.717, 1.165) is 0 Å². The molecule has 1 aliphatic heterocycles. The largest absolute Gasteiger partial charge is 0.339 e. The summed E-state index contributed by atoms with van der Waals surface area (Å²) in [5, 5.41) is 2.74. The van der Waals surface area contributed by atoms with Crippen molar-refractivity contribution in [3.05, 3.63) is 59.4 Å². The zero-order chi connectivity index (χ0) is 21.0. The van der Waals surface area contributed by atoms with Crippen LogP contribution in [-0.4, -0.2) is 64.5 Å². The van der Waals surface area contributed by atoms with Crippen molar-refractivity contribution < 1.29 is 19.2 Å². The molecule has 1 aromatic carbocycles. The molecule has 150 valence electrons. The SMILES string of the molecule is CC(=O)c1ccc(NC(=O)c2ccnc(C(=O)N3CCN(C(C)=O)CC3)c2)cc1. The Morgan fingerprint density at radius 3 is 2.07 bits per heavy atom. The molecule has 0 spiro atoms. The van der Waals surface area contributed by atoms with Crippen LogP contribution in [0.25, 0.3) is 0 Å². The predicted molar refractivity (Wildman–Crippen MR) is 107 cm³/mol. The molecule has 0 bridgehead atoms. The smallest absolute Gasteiger partial charge is 0.272 e. The summed E-state index contributed by atoms with van der Waals surface area (Å²) in [6, 6.07) is 9.57. The van der Waals surface area contributed by atoms with E-state index >= 15 is 0 Å². The maximum atomic E-state index is 12.7. The Kier molecular flexibility index (Phi) is 6.01. The zero-order valence-electron chi connectivity index (χ0n) is 16.3. The Balaban J connectivity index is 1.67. The van der Waals surface area contributed by atoms with Gasteiger partial charge in [0, 0.05) is 56.1 Å². The first kappa shape index (κ1) is 20.2. The van der Waals surface area contributed by atoms with E-state index in [2.05, 4.69) is 10.3 Å². The molecule has 2 aromatic rings. The van der Waals surface area contributed by atoms with Gasteiger partial charge in [0.1, 0.15) is 5.69 Å². The molecular weight excluding hydrogens is 372 g/mol. The Morgan fingerprint density at radius 1 is 0.862 bits per heavy atom. The summed E-state index contributed by atoms with van der Waals surface area (Å²) in [5.41, 5.74) is 1.59. The second-order valence-electron chi connectivity index (χ2n) is 6.82. The van der Waals surface area contributed by atoms with Gasteiger partial charge in [-0.3, -0.25) is 24.2 Å². The molecule has 3 amide bonds. The molecule has 1 N–H and O–H groups in total. The van der Waals surface area contributed by atoms with Gasteiger partial charge in [-0.1, -0.05) is 0 Å². The van der Waals surface area contributed by atoms with Gasteiger partial charge in [0.25, 0.3) is 11.8 Å². The minimum Gasteiger partial charge on any atom is -0.339 e. The van der Waals surface area contributed by atoms with Crippen molar-refractivity contribution in [3.63, 3.8) is 0 Å². The molecule has 0 radical (unpaired) electrons. The Labute approximate surface area is 168 Å². The van der Waals surface area contributed by atoms with Gasteiger partial charge in [-0.25, -0.2) is 0 Å². The molecule has 1 fully saturated rings. The summed E-state index contributed by atoms with van der Waals surface area (Å²) in [6.07, 6.45) is 1.42. The number of pyridine rings is 1. The van der Waals surface area contributed by atoms with Crippen LogP contribution in [0.3, 0.4) is 0 Å². The number of piperazine rings is 1. The van der Waals surface area contributed by atoms with E-state index in [-0.39, 0.29) is 29.2 Å².